The molecule has 0 radical (unpaired) electrons. The number of ketones is 1. The standard InChI is InChI=1S/C33H34O10/c1-18(34)29-26(16-24-11-7-6-8-13-27(24)29)15-23-10-9-12-25(14-23)30-32(41-21(4)37)33(42-22(5)38)31(40-20(3)36)28(43-30)17-39-19(2)35/h6-14,16,28,30-33H,15,17H2,1-5H3/t28-,30+,31-,32+,33+/m1/s1. The summed E-state index contributed by atoms with van der Waals surface area (Å²) in [5.41, 5.74) is 4.72. The predicted molar refractivity (Wildman–Crippen MR) is 153 cm³/mol. The second-order valence-electron chi connectivity index (χ2n) is 10.4. The molecule has 1 saturated heterocycles. The lowest BCUT2D eigenvalue weighted by Crippen LogP contribution is -2.59. The third-order valence-electron chi connectivity index (χ3n) is 7.01. The average Bonchev–Trinajstić information content (AvgIpc) is 3.09. The van der Waals surface area contributed by atoms with E-state index in [0.717, 1.165) is 22.3 Å². The number of hydrogen-bond donors (Lipinski definition) is 0. The van der Waals surface area contributed by atoms with Crippen molar-refractivity contribution in [3.8, 4) is 11.1 Å². The first-order chi connectivity index (χ1) is 20.4. The van der Waals surface area contributed by atoms with Gasteiger partial charge in [0, 0.05) is 33.3 Å². The van der Waals surface area contributed by atoms with Gasteiger partial charge in [-0.05, 0) is 41.2 Å². The van der Waals surface area contributed by atoms with Crippen LogP contribution >= 0.6 is 0 Å². The maximum absolute atomic E-state index is 12.7. The molecule has 43 heavy (non-hydrogen) atoms. The zero-order valence-electron chi connectivity index (χ0n) is 24.7. The molecule has 10 heteroatoms. The summed E-state index contributed by atoms with van der Waals surface area (Å²) in [6.45, 7) is 6.00. The minimum absolute atomic E-state index is 0.0491. The highest BCUT2D eigenvalue weighted by Gasteiger charge is 2.52. The highest BCUT2D eigenvalue weighted by Crippen LogP contribution is 2.39. The molecule has 0 aromatic heterocycles. The first-order valence-electron chi connectivity index (χ1n) is 13.9. The Kier molecular flexibility index (Phi) is 9.92. The molecule has 2 aliphatic carbocycles. The Morgan fingerprint density at radius 1 is 0.698 bits per heavy atom. The average molecular weight is 591 g/mol. The van der Waals surface area contributed by atoms with Crippen LogP contribution in [0, 0.1) is 0 Å². The van der Waals surface area contributed by atoms with E-state index in [-0.39, 0.29) is 12.4 Å². The van der Waals surface area contributed by atoms with E-state index >= 15 is 0 Å². The monoisotopic (exact) mass is 590 g/mol. The zero-order valence-corrected chi connectivity index (χ0v) is 24.7. The number of esters is 4. The minimum atomic E-state index is -1.27. The van der Waals surface area contributed by atoms with E-state index in [1.807, 2.05) is 48.5 Å². The van der Waals surface area contributed by atoms with Crippen LogP contribution in [-0.2, 0) is 49.3 Å². The molecule has 1 aromatic rings. The molecule has 3 aliphatic rings. The molecular formula is C33H34O10. The number of rotatable bonds is 9. The summed E-state index contributed by atoms with van der Waals surface area (Å²) in [5.74, 6) is -2.71. The van der Waals surface area contributed by atoms with Crippen LogP contribution in [0.15, 0.2) is 60.7 Å². The molecule has 0 saturated carbocycles. The summed E-state index contributed by atoms with van der Waals surface area (Å²) in [4.78, 5) is 60.8. The summed E-state index contributed by atoms with van der Waals surface area (Å²) < 4.78 is 28.2. The third kappa shape index (κ3) is 7.64. The van der Waals surface area contributed by atoms with Crippen molar-refractivity contribution in [2.24, 2.45) is 0 Å². The number of fused-ring (bicyclic) bond motifs is 1. The lowest BCUT2D eigenvalue weighted by Gasteiger charge is -2.44. The van der Waals surface area contributed by atoms with Gasteiger partial charge in [0.25, 0.3) is 0 Å². The lowest BCUT2D eigenvalue weighted by atomic mass is 9.89. The van der Waals surface area contributed by atoms with Crippen molar-refractivity contribution in [3.05, 3.63) is 82.9 Å². The summed E-state index contributed by atoms with van der Waals surface area (Å²) in [6.07, 6.45) is -5.33. The highest BCUT2D eigenvalue weighted by molar-refractivity contribution is 6.04. The molecular weight excluding hydrogens is 556 g/mol. The van der Waals surface area contributed by atoms with Crippen LogP contribution in [0.4, 0.5) is 0 Å². The molecule has 10 nitrogen and oxygen atoms in total. The van der Waals surface area contributed by atoms with Gasteiger partial charge in [0.15, 0.2) is 24.1 Å². The summed E-state index contributed by atoms with van der Waals surface area (Å²) in [7, 11) is 0. The van der Waals surface area contributed by atoms with Crippen molar-refractivity contribution >= 4 is 29.7 Å². The number of benzene rings is 1. The van der Waals surface area contributed by atoms with Gasteiger partial charge in [-0.1, -0.05) is 60.7 Å². The van der Waals surface area contributed by atoms with E-state index in [9.17, 15) is 24.0 Å². The predicted octanol–water partition coefficient (Wildman–Crippen LogP) is 4.38. The molecule has 0 N–H and O–H groups in total. The third-order valence-corrected chi connectivity index (χ3v) is 7.01. The minimum Gasteiger partial charge on any atom is -0.463 e. The van der Waals surface area contributed by atoms with Crippen LogP contribution in [0.2, 0.25) is 0 Å². The van der Waals surface area contributed by atoms with Crippen LogP contribution in [-0.4, -0.2) is 60.7 Å². The summed E-state index contributed by atoms with van der Waals surface area (Å²) in [6, 6.07) is 18.9. The van der Waals surface area contributed by atoms with Gasteiger partial charge in [0.2, 0.25) is 0 Å². The Bertz CT molecular complexity index is 1490. The van der Waals surface area contributed by atoms with Crippen LogP contribution in [0.5, 0.6) is 0 Å². The lowest BCUT2D eigenvalue weighted by molar-refractivity contribution is -0.254. The molecule has 226 valence electrons. The first-order valence-corrected chi connectivity index (χ1v) is 13.9. The van der Waals surface area contributed by atoms with Gasteiger partial charge < -0.3 is 23.7 Å². The van der Waals surface area contributed by atoms with E-state index in [1.54, 1.807) is 19.1 Å². The van der Waals surface area contributed by atoms with Crippen molar-refractivity contribution in [3.63, 3.8) is 0 Å². The molecule has 1 heterocycles. The van der Waals surface area contributed by atoms with Crippen molar-refractivity contribution in [1.29, 1.82) is 0 Å². The number of hydrogen-bond acceptors (Lipinski definition) is 10. The fourth-order valence-corrected chi connectivity index (χ4v) is 5.50. The van der Waals surface area contributed by atoms with E-state index in [0.29, 0.717) is 17.5 Å². The second-order valence-corrected chi connectivity index (χ2v) is 10.4. The second kappa shape index (κ2) is 13.6. The molecule has 4 rings (SSSR count). The molecule has 0 spiro atoms. The molecule has 5 atom stereocenters. The maximum Gasteiger partial charge on any atom is 0.303 e. The Hall–Kier alpha value is -4.57. The summed E-state index contributed by atoms with van der Waals surface area (Å²) in [5, 5.41) is 0. The Labute approximate surface area is 249 Å². The zero-order chi connectivity index (χ0) is 31.3. The number of carbonyl (C=O) groups is 5. The SMILES string of the molecule is CC(=O)OC[C@H]1O[C@@H](c2cccc(Cc3cc4cccccc-4c3C(C)=O)c2)[C@H](OC(C)=O)[C@@H](OC(C)=O)[C@@H]1OC(C)=O. The fourth-order valence-electron chi connectivity index (χ4n) is 5.50. The Morgan fingerprint density at radius 3 is 2.00 bits per heavy atom. The van der Waals surface area contributed by atoms with Crippen LogP contribution in [0.1, 0.15) is 67.8 Å². The van der Waals surface area contributed by atoms with E-state index in [4.69, 9.17) is 23.7 Å². The topological polar surface area (TPSA) is 132 Å². The van der Waals surface area contributed by atoms with E-state index in [2.05, 4.69) is 0 Å². The van der Waals surface area contributed by atoms with Gasteiger partial charge >= 0.3 is 23.9 Å². The first kappa shape index (κ1) is 31.4. The van der Waals surface area contributed by atoms with Crippen LogP contribution in [0.3, 0.4) is 0 Å². The van der Waals surface area contributed by atoms with Gasteiger partial charge in [-0.15, -0.1) is 0 Å². The Morgan fingerprint density at radius 2 is 1.35 bits per heavy atom. The van der Waals surface area contributed by atoms with Crippen LogP contribution in [0.25, 0.3) is 11.1 Å². The number of carbonyl (C=O) groups excluding carboxylic acids is 5. The highest BCUT2D eigenvalue weighted by atomic mass is 16.7. The quantitative estimate of drug-likeness (QED) is 0.201. The fraction of sp³-hybridized carbons (Fsp3) is 0.364. The molecule has 0 unspecified atom stereocenters. The molecule has 0 amide bonds. The molecule has 1 aromatic carbocycles. The molecule has 0 bridgehead atoms. The molecule has 1 aliphatic heterocycles. The van der Waals surface area contributed by atoms with Crippen LogP contribution < -0.4 is 0 Å². The number of Topliss-reactive ketones (excluding diaryl/α,β-unsaturated/α-hetero) is 1. The smallest absolute Gasteiger partial charge is 0.303 e. The normalized spacial score (nSPS) is 21.5. The van der Waals surface area contributed by atoms with Crippen molar-refractivity contribution < 1.29 is 47.7 Å². The Balaban J connectivity index is 1.76. The maximum atomic E-state index is 12.7. The number of ether oxygens (including phenoxy) is 5. The van der Waals surface area contributed by atoms with Gasteiger partial charge in [-0.2, -0.15) is 0 Å². The van der Waals surface area contributed by atoms with Crippen molar-refractivity contribution in [2.75, 3.05) is 6.61 Å². The van der Waals surface area contributed by atoms with E-state index in [1.165, 1.54) is 27.7 Å². The summed E-state index contributed by atoms with van der Waals surface area (Å²) >= 11 is 0. The van der Waals surface area contributed by atoms with Gasteiger partial charge in [0.1, 0.15) is 18.8 Å². The molecule has 1 fully saturated rings. The van der Waals surface area contributed by atoms with Gasteiger partial charge in [-0.25, -0.2) is 0 Å². The van der Waals surface area contributed by atoms with Gasteiger partial charge in [-0.3, -0.25) is 24.0 Å². The van der Waals surface area contributed by atoms with Gasteiger partial charge in [0.05, 0.1) is 0 Å². The van der Waals surface area contributed by atoms with Crippen molar-refractivity contribution in [2.45, 2.75) is 71.6 Å². The van der Waals surface area contributed by atoms with Crippen molar-refractivity contribution in [1.82, 2.24) is 0 Å². The largest absolute Gasteiger partial charge is 0.463 e. The van der Waals surface area contributed by atoms with E-state index < -0.39 is 54.4 Å².